The van der Waals surface area contributed by atoms with Crippen LogP contribution in [0.15, 0.2) is 12.2 Å². The monoisotopic (exact) mass is 1750 g/mol. The summed E-state index contributed by atoms with van der Waals surface area (Å²) in [5, 5.41) is 45.5. The van der Waals surface area contributed by atoms with E-state index < -0.39 is 78.5 Å². The van der Waals surface area contributed by atoms with Crippen molar-refractivity contribution in [2.45, 2.75) is 141 Å². The van der Waals surface area contributed by atoms with Crippen LogP contribution in [-0.2, 0) is 147 Å². The number of amides is 7. The van der Waals surface area contributed by atoms with E-state index in [0.717, 1.165) is 56.3 Å². The van der Waals surface area contributed by atoms with Gasteiger partial charge in [0, 0.05) is 77.0 Å². The van der Waals surface area contributed by atoms with Crippen LogP contribution in [0.1, 0.15) is 128 Å². The Hall–Kier alpha value is -6.69. The van der Waals surface area contributed by atoms with Gasteiger partial charge >= 0.3 is 23.9 Å². The number of nitrogens with one attached hydrogen (secondary N) is 4. The first-order chi connectivity index (χ1) is 59.0. The van der Waals surface area contributed by atoms with Crippen molar-refractivity contribution in [2.24, 2.45) is 0 Å². The van der Waals surface area contributed by atoms with Gasteiger partial charge in [0.25, 0.3) is 11.8 Å². The van der Waals surface area contributed by atoms with E-state index in [1.165, 1.54) is 44.3 Å². The number of hydrogen-bond acceptors (Lipinski definition) is 31. The van der Waals surface area contributed by atoms with Crippen molar-refractivity contribution in [3.63, 3.8) is 0 Å². The number of carbonyl (C=O) groups excluding carboxylic acids is 7. The van der Waals surface area contributed by atoms with Gasteiger partial charge in [-0.1, -0.05) is 77.0 Å². The van der Waals surface area contributed by atoms with Crippen LogP contribution in [0.5, 0.6) is 0 Å². The molecule has 0 saturated carbocycles. The van der Waals surface area contributed by atoms with Gasteiger partial charge in [0.1, 0.15) is 18.5 Å². The summed E-state index contributed by atoms with van der Waals surface area (Å²) in [6.07, 6.45) is 16.6. The SMILES string of the molecule is O=C(O)CCCCCCCCCCCCCCCCC(=O)NC(CNC(=O)CCOCCOCCOCCOCCN(CCOCCOCCOCCOCCOCCOCCOCCOCCOCCOCCOCCOCCOCCOCCOCCOCCC(=O)NCC(NC(=O)CC(=O)O)C(=O)O)C(=O)CCN1C(=O)C=CC1=O)C(=O)O. The molecule has 1 heterocycles. The number of aliphatic carboxylic acids is 4. The van der Waals surface area contributed by atoms with Crippen LogP contribution >= 0.6 is 0 Å². The molecule has 0 spiro atoms. The van der Waals surface area contributed by atoms with Gasteiger partial charge in [-0.05, 0) is 12.8 Å². The molecular formula is C80H142N6O35. The Kier molecular flexibility index (Phi) is 79.3. The van der Waals surface area contributed by atoms with Crippen LogP contribution < -0.4 is 21.3 Å². The van der Waals surface area contributed by atoms with E-state index in [4.69, 9.17) is 110 Å². The normalized spacial score (nSPS) is 12.5. The fraction of sp³-hybridized carbons (Fsp3) is 0.838. The number of nitrogens with zero attached hydrogens (tertiary/aromatic N) is 2. The molecule has 41 heteroatoms. The summed E-state index contributed by atoms with van der Waals surface area (Å²) in [5.74, 6) is -8.26. The van der Waals surface area contributed by atoms with Gasteiger partial charge in [0.15, 0.2) is 0 Å². The first-order valence-electron chi connectivity index (χ1n) is 42.4. The number of rotatable bonds is 96. The minimum absolute atomic E-state index is 0.00362. The zero-order chi connectivity index (χ0) is 88.0. The summed E-state index contributed by atoms with van der Waals surface area (Å²) >= 11 is 0. The van der Waals surface area contributed by atoms with E-state index in [1.807, 2.05) is 5.32 Å². The second-order valence-electron chi connectivity index (χ2n) is 27.0. The molecule has 1 rings (SSSR count). The highest BCUT2D eigenvalue weighted by Gasteiger charge is 2.26. The number of hydrogen-bond donors (Lipinski definition) is 8. The predicted octanol–water partition coefficient (Wildman–Crippen LogP) is 1.41. The van der Waals surface area contributed by atoms with Crippen molar-refractivity contribution in [1.29, 1.82) is 0 Å². The fourth-order valence-corrected chi connectivity index (χ4v) is 10.6. The van der Waals surface area contributed by atoms with E-state index in [2.05, 4.69) is 16.0 Å². The van der Waals surface area contributed by atoms with Gasteiger partial charge in [-0.25, -0.2) is 9.59 Å². The lowest BCUT2D eigenvalue weighted by Gasteiger charge is -2.24. The first-order valence-corrected chi connectivity index (χ1v) is 42.4. The van der Waals surface area contributed by atoms with Crippen molar-refractivity contribution in [1.82, 2.24) is 31.1 Å². The van der Waals surface area contributed by atoms with Crippen molar-refractivity contribution in [2.75, 3.05) is 297 Å². The quantitative estimate of drug-likeness (QED) is 0.0242. The Morgan fingerprint density at radius 1 is 0.273 bits per heavy atom. The fourth-order valence-electron chi connectivity index (χ4n) is 10.6. The maximum Gasteiger partial charge on any atom is 0.328 e. The molecule has 1 aliphatic heterocycles. The molecule has 2 unspecified atom stereocenters. The smallest absolute Gasteiger partial charge is 0.328 e. The maximum atomic E-state index is 13.2. The molecule has 41 nitrogen and oxygen atoms in total. The van der Waals surface area contributed by atoms with E-state index in [9.17, 15) is 57.8 Å². The molecule has 0 radical (unpaired) electrons. The average Bonchev–Trinajstić information content (AvgIpc) is 1.73. The van der Waals surface area contributed by atoms with E-state index >= 15 is 0 Å². The Bertz CT molecular complexity index is 2630. The Balaban J connectivity index is 1.90. The molecule has 0 fully saturated rings. The maximum absolute atomic E-state index is 13.2. The van der Waals surface area contributed by atoms with Gasteiger partial charge in [0.05, 0.1) is 264 Å². The second kappa shape index (κ2) is 85.5. The molecule has 0 aromatic heterocycles. The third-order valence-corrected chi connectivity index (χ3v) is 17.1. The van der Waals surface area contributed by atoms with Gasteiger partial charge in [-0.2, -0.15) is 0 Å². The Morgan fingerprint density at radius 2 is 0.504 bits per heavy atom. The average molecular weight is 1750 g/mol. The minimum atomic E-state index is -1.47. The molecule has 1 aliphatic rings. The lowest BCUT2D eigenvalue weighted by atomic mass is 10.0. The van der Waals surface area contributed by atoms with Gasteiger partial charge < -0.3 is 141 Å². The van der Waals surface area contributed by atoms with Gasteiger partial charge in [-0.15, -0.1) is 0 Å². The number of carboxylic acid groups (broad SMARTS) is 4. The number of carbonyl (C=O) groups is 11. The summed E-state index contributed by atoms with van der Waals surface area (Å²) in [6.45, 7) is 13.6. The zero-order valence-electron chi connectivity index (χ0n) is 71.1. The standard InChI is InChI=1S/C80H142N6O35/c87-70(81-66-68(79(98)99)83-72(89)15-13-11-9-7-5-3-1-2-4-6-8-10-12-14-16-77(94)95)20-25-102-29-33-106-37-39-108-35-31-104-27-23-85(74(91)19-22-86-75(92)17-18-76(86)93)24-28-105-32-36-109-40-42-111-44-46-113-48-50-115-52-54-117-56-58-119-60-62-121-64-63-120-61-59-118-57-55-116-53-51-114-49-47-112-45-43-110-41-38-107-34-30-103-26-21-71(88)82-67-69(80(100)101)84-73(90)65-78(96)97/h17-18,68-69H,1-16,19-67H2,(H,81,87)(H,82,88)(H,83,89)(H,84,90)(H,94,95)(H,96,97)(H,98,99)(H,100,101). The molecule has 7 amide bonds. The van der Waals surface area contributed by atoms with Crippen molar-refractivity contribution in [3.8, 4) is 0 Å². The van der Waals surface area contributed by atoms with Crippen LogP contribution in [0.4, 0.5) is 0 Å². The highest BCUT2D eigenvalue weighted by Crippen LogP contribution is 2.15. The van der Waals surface area contributed by atoms with Crippen LogP contribution in [0, 0.1) is 0 Å². The van der Waals surface area contributed by atoms with Gasteiger partial charge in [0.2, 0.25) is 29.5 Å². The molecule has 0 aliphatic carbocycles. The van der Waals surface area contributed by atoms with Crippen molar-refractivity contribution >= 4 is 65.2 Å². The van der Waals surface area contributed by atoms with E-state index in [-0.39, 0.29) is 156 Å². The number of unbranched alkanes of at least 4 members (excludes halogenated alkanes) is 13. The lowest BCUT2D eigenvalue weighted by molar-refractivity contribution is -0.145. The van der Waals surface area contributed by atoms with Crippen LogP contribution in [0.25, 0.3) is 0 Å². The molecule has 2 atom stereocenters. The van der Waals surface area contributed by atoms with Crippen LogP contribution in [-0.4, -0.2) is 405 Å². The second-order valence-corrected chi connectivity index (χ2v) is 27.0. The van der Waals surface area contributed by atoms with Crippen molar-refractivity contribution in [3.05, 3.63) is 12.2 Å². The summed E-state index contributed by atoms with van der Waals surface area (Å²) < 4.78 is 111. The predicted molar refractivity (Wildman–Crippen MR) is 432 cm³/mol. The van der Waals surface area contributed by atoms with Gasteiger partial charge in [-0.3, -0.25) is 48.1 Å². The van der Waals surface area contributed by atoms with Crippen LogP contribution in [0.2, 0.25) is 0 Å². The molecule has 702 valence electrons. The summed E-state index contributed by atoms with van der Waals surface area (Å²) in [4.78, 5) is 132. The molecule has 121 heavy (non-hydrogen) atoms. The number of imide groups is 1. The third kappa shape index (κ3) is 77.8. The molecule has 0 saturated heterocycles. The highest BCUT2D eigenvalue weighted by atomic mass is 16.6. The van der Waals surface area contributed by atoms with E-state index in [0.29, 0.717) is 185 Å². The molecule has 0 aromatic rings. The Morgan fingerprint density at radius 3 is 0.752 bits per heavy atom. The molecule has 0 bridgehead atoms. The van der Waals surface area contributed by atoms with Crippen molar-refractivity contribution < 1.29 is 168 Å². The summed E-state index contributed by atoms with van der Waals surface area (Å²) in [7, 11) is 0. The number of ether oxygens (including phenoxy) is 20. The highest BCUT2D eigenvalue weighted by molar-refractivity contribution is 6.13. The van der Waals surface area contributed by atoms with Crippen LogP contribution in [0.3, 0.4) is 0 Å². The number of carboxylic acids is 4. The third-order valence-electron chi connectivity index (χ3n) is 17.1. The molecule has 8 N–H and O–H groups in total. The molecule has 0 aromatic carbocycles. The lowest BCUT2D eigenvalue weighted by Crippen LogP contribution is -2.48. The largest absolute Gasteiger partial charge is 0.481 e. The molecular weight excluding hydrogens is 1600 g/mol. The van der Waals surface area contributed by atoms with E-state index in [1.54, 1.807) is 4.90 Å². The topological polar surface area (TPSA) is 508 Å². The summed E-state index contributed by atoms with van der Waals surface area (Å²) in [5.41, 5.74) is 0. The minimum Gasteiger partial charge on any atom is -0.481 e. The Labute approximate surface area is 711 Å². The first kappa shape index (κ1) is 112. The summed E-state index contributed by atoms with van der Waals surface area (Å²) in [6, 6.07) is -2.71. The zero-order valence-corrected chi connectivity index (χ0v) is 71.1.